The topological polar surface area (TPSA) is 39.4 Å². The molecule has 3 aromatic heterocycles. The highest BCUT2D eigenvalue weighted by molar-refractivity contribution is 6.30. The first-order valence-corrected chi connectivity index (χ1v) is 50.6. The summed E-state index contributed by atoms with van der Waals surface area (Å²) in [6, 6.07) is 197. The number of rotatable bonds is 12. The molecule has 3 heteroatoms. The van der Waals surface area contributed by atoms with E-state index in [0.717, 1.165) is 82.5 Å². The second kappa shape index (κ2) is 36.0. The van der Waals surface area contributed by atoms with Gasteiger partial charge in [-0.1, -0.05) is 479 Å². The average Bonchev–Trinajstić information content (AvgIpc) is 0.921. The van der Waals surface area contributed by atoms with E-state index >= 15 is 0 Å². The van der Waals surface area contributed by atoms with Crippen LogP contribution in [0.25, 0.3) is 296 Å². The van der Waals surface area contributed by atoms with Crippen molar-refractivity contribution in [2.45, 2.75) is 0 Å². The lowest BCUT2D eigenvalue weighted by atomic mass is 9.79. The summed E-state index contributed by atoms with van der Waals surface area (Å²) in [5.74, 6) is 0. The van der Waals surface area contributed by atoms with Crippen LogP contribution < -0.4 is 0 Å². The van der Waals surface area contributed by atoms with Gasteiger partial charge in [0.15, 0.2) is 0 Å². The van der Waals surface area contributed by atoms with E-state index in [1.54, 1.807) is 0 Å². The van der Waals surface area contributed by atoms with Crippen molar-refractivity contribution in [2.75, 3.05) is 0 Å². The van der Waals surface area contributed by atoms with Crippen molar-refractivity contribution in [2.24, 2.45) is 0 Å². The van der Waals surface area contributed by atoms with Crippen LogP contribution in [0.4, 0.5) is 0 Å². The Morgan fingerprint density at radius 1 is 0.0952 bits per heavy atom. The Kier molecular flexibility index (Phi) is 21.0. The van der Waals surface area contributed by atoms with E-state index in [1.165, 1.54) is 214 Å². The summed E-state index contributed by atoms with van der Waals surface area (Å²) in [4.78, 5) is 0. The molecule has 0 aliphatic heterocycles. The largest absolute Gasteiger partial charge is 0.456 e. The van der Waals surface area contributed by atoms with Gasteiger partial charge in [0.1, 0.15) is 33.5 Å². The lowest BCUT2D eigenvalue weighted by Crippen LogP contribution is -1.96. The summed E-state index contributed by atoms with van der Waals surface area (Å²) in [6.45, 7) is 0. The fourth-order valence-corrected chi connectivity index (χ4v) is 23.8. The molecule has 0 aliphatic carbocycles. The number of para-hydroxylation sites is 3. The molecule has 0 bridgehead atoms. The smallest absolute Gasteiger partial charge is 0.136 e. The number of benzene rings is 27. The third-order valence-electron chi connectivity index (χ3n) is 30.2. The summed E-state index contributed by atoms with van der Waals surface area (Å²) in [7, 11) is 0. The van der Waals surface area contributed by atoms with Crippen LogP contribution in [0.3, 0.4) is 0 Å². The second-order valence-corrected chi connectivity index (χ2v) is 38.4. The van der Waals surface area contributed by atoms with Gasteiger partial charge in [0.05, 0.1) is 0 Å². The van der Waals surface area contributed by atoms with Gasteiger partial charge in [0.25, 0.3) is 0 Å². The minimum atomic E-state index is 0.906. The van der Waals surface area contributed by atoms with E-state index in [9.17, 15) is 0 Å². The second-order valence-electron chi connectivity index (χ2n) is 38.4. The lowest BCUT2D eigenvalue weighted by molar-refractivity contribution is 0.668. The summed E-state index contributed by atoms with van der Waals surface area (Å²) < 4.78 is 19.1. The fraction of sp³-hybridized carbons (Fsp3) is 0. The van der Waals surface area contributed by atoms with Gasteiger partial charge in [0.2, 0.25) is 0 Å². The van der Waals surface area contributed by atoms with E-state index in [4.69, 9.17) is 13.3 Å². The van der Waals surface area contributed by atoms with E-state index < -0.39 is 0 Å². The number of fused-ring (bicyclic) bond motifs is 18. The van der Waals surface area contributed by atoms with Gasteiger partial charge in [-0.25, -0.2) is 0 Å². The van der Waals surface area contributed by atoms with Crippen LogP contribution in [0.5, 0.6) is 0 Å². The van der Waals surface area contributed by atoms with Crippen molar-refractivity contribution in [1.29, 1.82) is 0 Å². The predicted octanol–water partition coefficient (Wildman–Crippen LogP) is 41.1. The van der Waals surface area contributed by atoms with Crippen LogP contribution in [-0.2, 0) is 0 Å². The molecule has 0 radical (unpaired) electrons. The minimum Gasteiger partial charge on any atom is -0.456 e. The Morgan fingerprint density at radius 3 is 0.769 bits per heavy atom. The van der Waals surface area contributed by atoms with Crippen LogP contribution in [0.15, 0.2) is 559 Å². The van der Waals surface area contributed by atoms with Crippen molar-refractivity contribution in [3.63, 3.8) is 0 Å². The molecule has 684 valence electrons. The standard InChI is InChI=1S/3C48H30O/c1-3-14-31(15-4-1)35-24-13-18-33-26-29-42(47(46(33)35)32-16-5-2-6-17-32)48-40-22-9-7-20-38(40)45(39-21-8-10-23-41(39)48)34-27-28-37-36-19-11-12-25-43(36)49-44(37)30-34;1-3-13-31(14-4-1)36-27-25-32-23-24-34(29-43(32)46(36)33-15-5-2-6-16-33)47-39-18-7-9-20-41(39)48(42-21-10-8-19-40(42)47)35-26-28-38-37-17-11-12-22-44(37)49-45(38)30-35;1-3-15-31(16-4-1)42-29-33-19-7-8-20-35(33)46(32-17-5-2-6-18-32)48(42)47-40-24-11-9-22-38(40)45(39-23-10-12-25-41(39)47)34-27-28-37-36-21-13-14-26-43(36)49-44(37)30-34/h3*1-30H. The molecule has 0 unspecified atom stereocenters. The molecule has 3 heterocycles. The van der Waals surface area contributed by atoms with Crippen LogP contribution >= 0.6 is 0 Å². The van der Waals surface area contributed by atoms with E-state index in [1.807, 2.05) is 36.4 Å². The highest BCUT2D eigenvalue weighted by atomic mass is 16.3. The molecular formula is C144H90O3. The molecule has 30 rings (SSSR count). The molecule has 0 saturated heterocycles. The highest BCUT2D eigenvalue weighted by Gasteiger charge is 2.29. The molecule has 0 amide bonds. The van der Waals surface area contributed by atoms with Gasteiger partial charge in [0, 0.05) is 32.3 Å². The van der Waals surface area contributed by atoms with Crippen molar-refractivity contribution in [1.82, 2.24) is 0 Å². The number of furan rings is 3. The van der Waals surface area contributed by atoms with Crippen molar-refractivity contribution in [3.05, 3.63) is 546 Å². The lowest BCUT2D eigenvalue weighted by Gasteiger charge is -2.24. The van der Waals surface area contributed by atoms with Gasteiger partial charge in [-0.05, 0) is 297 Å². The molecule has 0 saturated carbocycles. The Hall–Kier alpha value is -19.3. The summed E-state index contributed by atoms with van der Waals surface area (Å²) in [5.41, 5.74) is 34.8. The van der Waals surface area contributed by atoms with Crippen molar-refractivity contribution >= 4 is 163 Å². The first kappa shape index (κ1) is 85.6. The highest BCUT2D eigenvalue weighted by Crippen LogP contribution is 2.56. The summed E-state index contributed by atoms with van der Waals surface area (Å²) >= 11 is 0. The maximum absolute atomic E-state index is 6.40. The third-order valence-corrected chi connectivity index (χ3v) is 30.2. The number of hydrogen-bond acceptors (Lipinski definition) is 3. The zero-order chi connectivity index (χ0) is 96.9. The summed E-state index contributed by atoms with van der Waals surface area (Å²) in [6.07, 6.45) is 0. The first-order valence-electron chi connectivity index (χ1n) is 50.6. The molecule has 30 aromatic rings. The molecule has 0 atom stereocenters. The number of hydrogen-bond donors (Lipinski definition) is 0. The maximum Gasteiger partial charge on any atom is 0.136 e. The molecule has 0 spiro atoms. The quantitative estimate of drug-likeness (QED) is 0.114. The Morgan fingerprint density at radius 2 is 0.367 bits per heavy atom. The van der Waals surface area contributed by atoms with Crippen LogP contribution in [-0.4, -0.2) is 0 Å². The van der Waals surface area contributed by atoms with E-state index in [2.05, 4.69) is 510 Å². The van der Waals surface area contributed by atoms with Crippen molar-refractivity contribution in [3.8, 4) is 134 Å². The fourth-order valence-electron chi connectivity index (χ4n) is 23.8. The van der Waals surface area contributed by atoms with Gasteiger partial charge in [-0.3, -0.25) is 0 Å². The van der Waals surface area contributed by atoms with Crippen LogP contribution in [0.1, 0.15) is 0 Å². The normalized spacial score (nSPS) is 11.7. The molecule has 147 heavy (non-hydrogen) atoms. The maximum atomic E-state index is 6.40. The van der Waals surface area contributed by atoms with Gasteiger partial charge in [-0.15, -0.1) is 0 Å². The Bertz CT molecular complexity index is 10300. The van der Waals surface area contributed by atoms with E-state index in [0.29, 0.717) is 0 Å². The molecule has 0 aliphatic rings. The van der Waals surface area contributed by atoms with Crippen molar-refractivity contribution < 1.29 is 13.3 Å². The zero-order valence-corrected chi connectivity index (χ0v) is 80.2. The van der Waals surface area contributed by atoms with Gasteiger partial charge < -0.3 is 13.3 Å². The summed E-state index contributed by atoms with van der Waals surface area (Å²) in [5, 5.41) is 29.1. The van der Waals surface area contributed by atoms with Gasteiger partial charge >= 0.3 is 0 Å². The average molecular weight is 1870 g/mol. The Labute approximate surface area is 849 Å². The van der Waals surface area contributed by atoms with Gasteiger partial charge in [-0.2, -0.15) is 0 Å². The zero-order valence-electron chi connectivity index (χ0n) is 80.2. The predicted molar refractivity (Wildman–Crippen MR) is 624 cm³/mol. The Balaban J connectivity index is 0.000000107. The SMILES string of the molecule is c1ccc(-c2cc3ccccc3c(-c3ccccc3)c2-c2c3ccccc3c(-c3ccc4c(c3)oc3ccccc34)c3ccccc23)cc1.c1ccc(-c2ccc3ccc(-c4c5ccccc5c(-c5ccc6c(c5)oc5ccccc56)c5ccccc45)cc3c2-c2ccccc2)cc1.c1ccc(-c2cccc3ccc(-c4c5ccccc5c(-c5ccc6c(c5)oc5ccccc56)c5ccccc45)c(-c4ccccc4)c23)cc1. The van der Waals surface area contributed by atoms with Crippen LogP contribution in [0, 0.1) is 0 Å². The monoisotopic (exact) mass is 1870 g/mol. The third kappa shape index (κ3) is 14.6. The van der Waals surface area contributed by atoms with Crippen LogP contribution in [0.2, 0.25) is 0 Å². The molecule has 0 N–H and O–H groups in total. The molecule has 27 aromatic carbocycles. The minimum absolute atomic E-state index is 0.906. The molecule has 3 nitrogen and oxygen atoms in total. The molecular weight excluding hydrogens is 1780 g/mol. The van der Waals surface area contributed by atoms with E-state index in [-0.39, 0.29) is 0 Å². The molecule has 0 fully saturated rings. The first-order chi connectivity index (χ1) is 73.0.